The summed E-state index contributed by atoms with van der Waals surface area (Å²) < 4.78 is 4.70. The highest BCUT2D eigenvalue weighted by atomic mass is 16.5. The van der Waals surface area contributed by atoms with Crippen LogP contribution in [0.1, 0.15) is 12.8 Å². The van der Waals surface area contributed by atoms with Gasteiger partial charge in [0, 0.05) is 7.11 Å². The van der Waals surface area contributed by atoms with Crippen molar-refractivity contribution in [2.45, 2.75) is 18.9 Å². The predicted octanol–water partition coefficient (Wildman–Crippen LogP) is 0.390. The first kappa shape index (κ1) is 8.92. The van der Waals surface area contributed by atoms with Gasteiger partial charge in [-0.2, -0.15) is 5.26 Å². The SMILES string of the molecule is CO[C@@H](CC#N)CC(=O)O. The number of carbonyl (C=O) groups is 1. The van der Waals surface area contributed by atoms with Crippen molar-refractivity contribution < 1.29 is 14.6 Å². The molecule has 1 N–H and O–H groups in total. The van der Waals surface area contributed by atoms with Gasteiger partial charge in [0.05, 0.1) is 25.0 Å². The Morgan fingerprint density at radius 2 is 2.50 bits per heavy atom. The minimum atomic E-state index is -0.942. The number of nitriles is 1. The molecule has 0 aliphatic rings. The van der Waals surface area contributed by atoms with E-state index in [0.29, 0.717) is 0 Å². The van der Waals surface area contributed by atoms with E-state index in [0.717, 1.165) is 0 Å². The Labute approximate surface area is 59.0 Å². The first-order valence-corrected chi connectivity index (χ1v) is 2.82. The van der Waals surface area contributed by atoms with Crippen molar-refractivity contribution in [1.29, 1.82) is 5.26 Å². The molecule has 0 unspecified atom stereocenters. The number of hydrogen-bond donors (Lipinski definition) is 1. The van der Waals surface area contributed by atoms with Crippen LogP contribution in [-0.2, 0) is 9.53 Å². The fourth-order valence-corrected chi connectivity index (χ4v) is 0.535. The summed E-state index contributed by atoms with van der Waals surface area (Å²) in [5.74, 6) is -0.942. The van der Waals surface area contributed by atoms with Crippen molar-refractivity contribution >= 4 is 5.97 Å². The highest BCUT2D eigenvalue weighted by Crippen LogP contribution is 2.00. The van der Waals surface area contributed by atoms with Crippen molar-refractivity contribution in [1.82, 2.24) is 0 Å². The fraction of sp³-hybridized carbons (Fsp3) is 0.667. The molecule has 10 heavy (non-hydrogen) atoms. The molecule has 0 aliphatic heterocycles. The molecule has 0 spiro atoms. The van der Waals surface area contributed by atoms with E-state index in [2.05, 4.69) is 0 Å². The van der Waals surface area contributed by atoms with Gasteiger partial charge in [-0.15, -0.1) is 0 Å². The van der Waals surface area contributed by atoms with Crippen molar-refractivity contribution in [2.75, 3.05) is 7.11 Å². The van der Waals surface area contributed by atoms with E-state index in [4.69, 9.17) is 15.1 Å². The van der Waals surface area contributed by atoms with Gasteiger partial charge in [0.25, 0.3) is 0 Å². The molecule has 0 rings (SSSR count). The minimum absolute atomic E-state index is 0.107. The molecule has 0 heterocycles. The number of nitrogens with zero attached hydrogens (tertiary/aromatic N) is 1. The van der Waals surface area contributed by atoms with Gasteiger partial charge in [-0.3, -0.25) is 4.79 Å². The second-order valence-electron chi connectivity index (χ2n) is 1.82. The lowest BCUT2D eigenvalue weighted by Gasteiger charge is -2.06. The maximum atomic E-state index is 10.1. The summed E-state index contributed by atoms with van der Waals surface area (Å²) in [5.41, 5.74) is 0. The van der Waals surface area contributed by atoms with Crippen LogP contribution >= 0.6 is 0 Å². The van der Waals surface area contributed by atoms with Gasteiger partial charge in [-0.05, 0) is 0 Å². The monoisotopic (exact) mass is 143 g/mol. The average Bonchev–Trinajstić information content (AvgIpc) is 1.86. The van der Waals surface area contributed by atoms with E-state index in [1.54, 1.807) is 0 Å². The predicted molar refractivity (Wildman–Crippen MR) is 33.3 cm³/mol. The lowest BCUT2D eigenvalue weighted by molar-refractivity contribution is -0.139. The van der Waals surface area contributed by atoms with E-state index in [1.807, 2.05) is 6.07 Å². The molecule has 4 heteroatoms. The third-order valence-corrected chi connectivity index (χ3v) is 1.05. The van der Waals surface area contributed by atoms with Crippen molar-refractivity contribution in [3.63, 3.8) is 0 Å². The summed E-state index contributed by atoms with van der Waals surface area (Å²) in [6, 6.07) is 1.84. The molecule has 0 amide bonds. The smallest absolute Gasteiger partial charge is 0.306 e. The van der Waals surface area contributed by atoms with E-state index < -0.39 is 12.1 Å². The molecule has 56 valence electrons. The molecule has 0 aromatic rings. The van der Waals surface area contributed by atoms with Gasteiger partial charge in [0.2, 0.25) is 0 Å². The lowest BCUT2D eigenvalue weighted by atomic mass is 10.2. The number of aliphatic carboxylic acids is 1. The number of hydrogen-bond acceptors (Lipinski definition) is 3. The zero-order valence-corrected chi connectivity index (χ0v) is 5.70. The molecule has 0 radical (unpaired) electrons. The Kier molecular flexibility index (Phi) is 4.25. The molecule has 1 atom stereocenters. The highest BCUT2D eigenvalue weighted by molar-refractivity contribution is 5.67. The third kappa shape index (κ3) is 3.87. The van der Waals surface area contributed by atoms with Gasteiger partial charge in [-0.1, -0.05) is 0 Å². The molecular formula is C6H9NO3. The van der Waals surface area contributed by atoms with Crippen LogP contribution in [0.5, 0.6) is 0 Å². The average molecular weight is 143 g/mol. The van der Waals surface area contributed by atoms with Crippen LogP contribution in [0.3, 0.4) is 0 Å². The largest absolute Gasteiger partial charge is 0.481 e. The number of carboxylic acids is 1. The van der Waals surface area contributed by atoms with Crippen LogP contribution < -0.4 is 0 Å². The summed E-state index contributed by atoms with van der Waals surface area (Å²) >= 11 is 0. The molecule has 0 bridgehead atoms. The summed E-state index contributed by atoms with van der Waals surface area (Å²) in [6.07, 6.45) is -0.449. The third-order valence-electron chi connectivity index (χ3n) is 1.05. The Balaban J connectivity index is 3.62. The van der Waals surface area contributed by atoms with Crippen LogP contribution in [0.15, 0.2) is 0 Å². The Bertz CT molecular complexity index is 150. The molecular weight excluding hydrogens is 134 g/mol. The molecule has 0 aliphatic carbocycles. The Hall–Kier alpha value is -1.08. The van der Waals surface area contributed by atoms with Crippen LogP contribution in [0.2, 0.25) is 0 Å². The summed E-state index contributed by atoms with van der Waals surface area (Å²) in [4.78, 5) is 10.1. The first-order valence-electron chi connectivity index (χ1n) is 2.82. The Morgan fingerprint density at radius 1 is 1.90 bits per heavy atom. The number of rotatable bonds is 4. The summed E-state index contributed by atoms with van der Waals surface area (Å²) in [5, 5.41) is 16.4. The van der Waals surface area contributed by atoms with Gasteiger partial charge in [-0.25, -0.2) is 0 Å². The normalized spacial score (nSPS) is 12.0. The van der Waals surface area contributed by atoms with E-state index in [-0.39, 0.29) is 12.8 Å². The van der Waals surface area contributed by atoms with E-state index in [9.17, 15) is 4.79 Å². The van der Waals surface area contributed by atoms with Crippen molar-refractivity contribution in [2.24, 2.45) is 0 Å². The Morgan fingerprint density at radius 3 is 2.80 bits per heavy atom. The standard InChI is InChI=1S/C6H9NO3/c1-10-5(2-3-7)4-6(8)9/h5H,2,4H2,1H3,(H,8,9)/t5-/m0/s1. The summed E-state index contributed by atoms with van der Waals surface area (Å²) in [7, 11) is 1.39. The van der Waals surface area contributed by atoms with Crippen LogP contribution in [0.25, 0.3) is 0 Å². The zero-order chi connectivity index (χ0) is 7.98. The molecule has 0 saturated heterocycles. The zero-order valence-electron chi connectivity index (χ0n) is 5.70. The highest BCUT2D eigenvalue weighted by Gasteiger charge is 2.10. The van der Waals surface area contributed by atoms with E-state index in [1.165, 1.54) is 7.11 Å². The number of methoxy groups -OCH3 is 1. The minimum Gasteiger partial charge on any atom is -0.481 e. The van der Waals surface area contributed by atoms with Gasteiger partial charge in [0.15, 0.2) is 0 Å². The topological polar surface area (TPSA) is 70.3 Å². The maximum Gasteiger partial charge on any atom is 0.306 e. The molecule has 0 aromatic heterocycles. The van der Waals surface area contributed by atoms with E-state index >= 15 is 0 Å². The number of ether oxygens (including phenoxy) is 1. The molecule has 4 nitrogen and oxygen atoms in total. The fourth-order valence-electron chi connectivity index (χ4n) is 0.535. The van der Waals surface area contributed by atoms with Crippen molar-refractivity contribution in [3.05, 3.63) is 0 Å². The molecule has 0 aromatic carbocycles. The second-order valence-corrected chi connectivity index (χ2v) is 1.82. The van der Waals surface area contributed by atoms with Gasteiger partial charge < -0.3 is 9.84 Å². The quantitative estimate of drug-likeness (QED) is 0.618. The van der Waals surface area contributed by atoms with Gasteiger partial charge in [0.1, 0.15) is 0 Å². The van der Waals surface area contributed by atoms with Crippen molar-refractivity contribution in [3.8, 4) is 6.07 Å². The second kappa shape index (κ2) is 4.77. The van der Waals surface area contributed by atoms with Gasteiger partial charge >= 0.3 is 5.97 Å². The first-order chi connectivity index (χ1) is 4.70. The maximum absolute atomic E-state index is 10.1. The van der Waals surface area contributed by atoms with Crippen LogP contribution in [-0.4, -0.2) is 24.3 Å². The molecule has 0 saturated carbocycles. The molecule has 0 fully saturated rings. The van der Waals surface area contributed by atoms with Crippen LogP contribution in [0, 0.1) is 11.3 Å². The summed E-state index contributed by atoms with van der Waals surface area (Å²) in [6.45, 7) is 0. The lowest BCUT2D eigenvalue weighted by Crippen LogP contribution is -2.14. The number of carboxylic acid groups (broad SMARTS) is 1. The van der Waals surface area contributed by atoms with Crippen LogP contribution in [0.4, 0.5) is 0 Å².